The first-order valence-electron chi connectivity index (χ1n) is 26.6. The van der Waals surface area contributed by atoms with Crippen LogP contribution in [0.15, 0.2) is 206 Å². The van der Waals surface area contributed by atoms with E-state index in [-0.39, 0.29) is 10.8 Å². The van der Waals surface area contributed by atoms with Crippen molar-refractivity contribution in [2.24, 2.45) is 0 Å². The number of aromatic nitrogens is 2. The van der Waals surface area contributed by atoms with Crippen LogP contribution in [0.1, 0.15) is 49.9 Å². The highest BCUT2D eigenvalue weighted by molar-refractivity contribution is 7.26. The van der Waals surface area contributed by atoms with Gasteiger partial charge in [0.15, 0.2) is 0 Å². The van der Waals surface area contributed by atoms with Crippen LogP contribution < -0.4 is 0 Å². The third kappa shape index (κ3) is 6.16. The molecule has 4 aromatic heterocycles. The van der Waals surface area contributed by atoms with Crippen LogP contribution in [0.5, 0.6) is 0 Å². The second-order valence-electron chi connectivity index (χ2n) is 22.4. The van der Waals surface area contributed by atoms with E-state index in [1.165, 1.54) is 118 Å². The molecule has 0 spiro atoms. The summed E-state index contributed by atoms with van der Waals surface area (Å²) >= 11 is 5.55. The molecule has 0 saturated heterocycles. The topological polar surface area (TPSA) is 25.8 Å². The van der Waals surface area contributed by atoms with Crippen molar-refractivity contribution in [3.63, 3.8) is 0 Å². The van der Waals surface area contributed by atoms with Gasteiger partial charge in [-0.3, -0.25) is 0 Å². The lowest BCUT2D eigenvalue weighted by atomic mass is 9.81. The Morgan fingerprint density at radius 1 is 0.260 bits per heavy atom. The molecule has 17 rings (SSSR count). The molecule has 0 fully saturated rings. The zero-order valence-electron chi connectivity index (χ0n) is 42.7. The van der Waals surface area contributed by atoms with Gasteiger partial charge in [0, 0.05) is 61.9 Å². The summed E-state index contributed by atoms with van der Waals surface area (Å²) < 4.78 is 5.19. The summed E-state index contributed by atoms with van der Waals surface area (Å²) in [5, 5.41) is 9.70. The Morgan fingerprint density at radius 3 is 1.10 bits per heavy atom. The molecule has 0 bridgehead atoms. The standard InChI is InChI=1S/C72H46N2S3/c1-71(2)57-17-9-5-13-47(57)49-29-23-41(37-59(49)71)39-21-27-45-46-28-22-40(42-24-30-50-48-14-6-10-18-58(48)72(3,4)60(50)38-42)34-56(46)66-65(55(45)33-39)73-67-68(74-66)70(44-26-32-64-54(36-44)52-16-8-12-20-62(52)76-64)77-69(67)43-25-31-63-53(35-43)51-15-7-11-19-61(51)75-63/h5-38H,1-4H3. The molecule has 0 aliphatic heterocycles. The van der Waals surface area contributed by atoms with E-state index >= 15 is 0 Å². The van der Waals surface area contributed by atoms with E-state index in [0.717, 1.165) is 53.7 Å². The van der Waals surface area contributed by atoms with Crippen molar-refractivity contribution >= 4 is 118 Å². The highest BCUT2D eigenvalue weighted by Crippen LogP contribution is 2.53. The van der Waals surface area contributed by atoms with E-state index in [0.29, 0.717) is 0 Å². The van der Waals surface area contributed by atoms with Crippen LogP contribution in [-0.4, -0.2) is 9.97 Å². The molecular weight excluding hydrogens is 989 g/mol. The molecule has 5 heteroatoms. The van der Waals surface area contributed by atoms with Gasteiger partial charge in [-0.1, -0.05) is 173 Å². The van der Waals surface area contributed by atoms with Gasteiger partial charge >= 0.3 is 0 Å². The monoisotopic (exact) mass is 1030 g/mol. The summed E-state index contributed by atoms with van der Waals surface area (Å²) in [6.45, 7) is 9.46. The first kappa shape index (κ1) is 43.9. The normalized spacial score (nSPS) is 14.2. The molecular formula is C72H46N2S3. The van der Waals surface area contributed by atoms with Crippen LogP contribution >= 0.6 is 34.0 Å². The van der Waals surface area contributed by atoms with Crippen molar-refractivity contribution in [2.75, 3.05) is 0 Å². The number of benzene rings is 11. The second kappa shape index (κ2) is 15.6. The molecule has 0 amide bonds. The Kier molecular flexibility index (Phi) is 8.92. The summed E-state index contributed by atoms with van der Waals surface area (Å²) in [6, 6.07) is 77.8. The maximum absolute atomic E-state index is 6.00. The summed E-state index contributed by atoms with van der Waals surface area (Å²) in [5.41, 5.74) is 21.4. The van der Waals surface area contributed by atoms with Gasteiger partial charge in [-0.2, -0.15) is 0 Å². The molecule has 2 aliphatic carbocycles. The van der Waals surface area contributed by atoms with Gasteiger partial charge in [-0.15, -0.1) is 34.0 Å². The van der Waals surface area contributed by atoms with Gasteiger partial charge in [-0.25, -0.2) is 9.97 Å². The molecule has 362 valence electrons. The minimum atomic E-state index is -0.110. The van der Waals surface area contributed by atoms with Crippen molar-refractivity contribution in [1.82, 2.24) is 9.97 Å². The fraction of sp³-hybridized carbons (Fsp3) is 0.0833. The Hall–Kier alpha value is -8.32. The quantitative estimate of drug-likeness (QED) is 0.164. The molecule has 15 aromatic rings. The van der Waals surface area contributed by atoms with Gasteiger partial charge in [0.1, 0.15) is 11.0 Å². The van der Waals surface area contributed by atoms with Crippen LogP contribution in [0.2, 0.25) is 0 Å². The van der Waals surface area contributed by atoms with Crippen LogP contribution in [0, 0.1) is 0 Å². The van der Waals surface area contributed by atoms with Gasteiger partial charge in [0.05, 0.1) is 20.8 Å². The molecule has 4 heterocycles. The fourth-order valence-electron chi connectivity index (χ4n) is 13.5. The summed E-state index contributed by atoms with van der Waals surface area (Å²) in [7, 11) is 0. The third-order valence-electron chi connectivity index (χ3n) is 17.5. The Balaban J connectivity index is 0.945. The lowest BCUT2D eigenvalue weighted by Crippen LogP contribution is -2.14. The first-order valence-corrected chi connectivity index (χ1v) is 29.1. The maximum atomic E-state index is 6.00. The van der Waals surface area contributed by atoms with Crippen LogP contribution in [0.3, 0.4) is 0 Å². The fourth-order valence-corrected chi connectivity index (χ4v) is 16.9. The largest absolute Gasteiger partial charge is 0.242 e. The molecule has 0 unspecified atom stereocenters. The number of hydrogen-bond acceptors (Lipinski definition) is 5. The first-order chi connectivity index (χ1) is 37.6. The highest BCUT2D eigenvalue weighted by atomic mass is 32.1. The smallest absolute Gasteiger partial charge is 0.109 e. The third-order valence-corrected chi connectivity index (χ3v) is 21.1. The molecule has 77 heavy (non-hydrogen) atoms. The van der Waals surface area contributed by atoms with Crippen LogP contribution in [0.4, 0.5) is 0 Å². The Labute approximate surface area is 457 Å². The van der Waals surface area contributed by atoms with Gasteiger partial charge in [-0.05, 0) is 149 Å². The summed E-state index contributed by atoms with van der Waals surface area (Å²) in [6.07, 6.45) is 0. The van der Waals surface area contributed by atoms with Crippen molar-refractivity contribution in [3.8, 4) is 65.4 Å². The number of fused-ring (bicyclic) bond motifs is 19. The average Bonchev–Trinajstić information content (AvgIpc) is 4.36. The molecule has 0 radical (unpaired) electrons. The molecule has 2 nitrogen and oxygen atoms in total. The van der Waals surface area contributed by atoms with Gasteiger partial charge in [0.2, 0.25) is 0 Å². The molecule has 11 aromatic carbocycles. The SMILES string of the molecule is CC1(C)c2ccccc2-c2ccc(-c3ccc4c5ccc(-c6ccc7c(c6)C(C)(C)c6ccccc6-7)cc5c5nc6c(-c7ccc8sc9ccccc9c8c7)sc(-c7ccc8sc9ccccc9c8c7)c6nc5c4c3)cc21. The van der Waals surface area contributed by atoms with E-state index in [1.807, 2.05) is 34.0 Å². The number of nitrogens with zero attached hydrogens (tertiary/aromatic N) is 2. The lowest BCUT2D eigenvalue weighted by Gasteiger charge is -2.22. The average molecular weight is 1040 g/mol. The zero-order valence-corrected chi connectivity index (χ0v) is 45.2. The van der Waals surface area contributed by atoms with Crippen LogP contribution in [0.25, 0.3) is 149 Å². The minimum Gasteiger partial charge on any atom is -0.242 e. The van der Waals surface area contributed by atoms with E-state index in [1.54, 1.807) is 0 Å². The number of thiophene rings is 3. The van der Waals surface area contributed by atoms with Crippen molar-refractivity contribution in [1.29, 1.82) is 0 Å². The molecule has 0 atom stereocenters. The lowest BCUT2D eigenvalue weighted by molar-refractivity contribution is 0.660. The molecule has 2 aliphatic rings. The van der Waals surface area contributed by atoms with E-state index in [4.69, 9.17) is 9.97 Å². The second-order valence-corrected chi connectivity index (χ2v) is 25.6. The molecule has 0 saturated carbocycles. The Morgan fingerprint density at radius 2 is 0.623 bits per heavy atom. The maximum Gasteiger partial charge on any atom is 0.109 e. The summed E-state index contributed by atoms with van der Waals surface area (Å²) in [4.78, 5) is 14.3. The van der Waals surface area contributed by atoms with Crippen molar-refractivity contribution < 1.29 is 0 Å². The zero-order chi connectivity index (χ0) is 51.1. The predicted molar refractivity (Wildman–Crippen MR) is 333 cm³/mol. The number of rotatable bonds is 4. The minimum absolute atomic E-state index is 0.110. The van der Waals surface area contributed by atoms with E-state index in [2.05, 4.69) is 234 Å². The van der Waals surface area contributed by atoms with E-state index < -0.39 is 0 Å². The highest BCUT2D eigenvalue weighted by Gasteiger charge is 2.37. The van der Waals surface area contributed by atoms with Crippen LogP contribution in [-0.2, 0) is 10.8 Å². The predicted octanol–water partition coefficient (Wildman–Crippen LogP) is 21.2. The van der Waals surface area contributed by atoms with Crippen molar-refractivity contribution in [3.05, 3.63) is 229 Å². The number of hydrogen-bond donors (Lipinski definition) is 0. The van der Waals surface area contributed by atoms with Crippen molar-refractivity contribution in [2.45, 2.75) is 38.5 Å². The van der Waals surface area contributed by atoms with E-state index in [9.17, 15) is 0 Å². The Bertz CT molecular complexity index is 4800. The van der Waals surface area contributed by atoms with Gasteiger partial charge in [0.25, 0.3) is 0 Å². The summed E-state index contributed by atoms with van der Waals surface area (Å²) in [5.74, 6) is 0. The van der Waals surface area contributed by atoms with Gasteiger partial charge < -0.3 is 0 Å². The molecule has 0 N–H and O–H groups in total.